The molecule has 8 heteroatoms. The molecule has 2 amide bonds. The van der Waals surface area contributed by atoms with E-state index in [4.69, 9.17) is 0 Å². The number of hydrogen-bond acceptors (Lipinski definition) is 5. The molecule has 0 aliphatic carbocycles. The Morgan fingerprint density at radius 3 is 2.96 bits per heavy atom. The molecule has 0 saturated heterocycles. The molecule has 8 nitrogen and oxygen atoms in total. The standard InChI is InChI=1S/C18H16N6O2/c1-23-15-8-12(10-19-17(15)20-11-16(23)25)18(26)22-13-4-2-5-14(9-13)24-7-3-6-21-24/h2-10H,11H2,1H3,(H,19,20)(H,22,26). The highest BCUT2D eigenvalue weighted by Gasteiger charge is 2.23. The number of likely N-dealkylation sites (N-methyl/N-ethyl adjacent to an activating group) is 1. The average molecular weight is 348 g/mol. The first-order valence-corrected chi connectivity index (χ1v) is 8.04. The van der Waals surface area contributed by atoms with Crippen molar-refractivity contribution in [2.75, 3.05) is 29.1 Å². The molecule has 2 N–H and O–H groups in total. The van der Waals surface area contributed by atoms with Gasteiger partial charge in [-0.3, -0.25) is 9.59 Å². The fourth-order valence-corrected chi connectivity index (χ4v) is 2.73. The molecule has 0 atom stereocenters. The Bertz CT molecular complexity index is 983. The second-order valence-electron chi connectivity index (χ2n) is 5.85. The first-order chi connectivity index (χ1) is 12.6. The number of amides is 2. The number of nitrogens with one attached hydrogen (secondary N) is 2. The van der Waals surface area contributed by atoms with Crippen LogP contribution in [-0.2, 0) is 4.79 Å². The van der Waals surface area contributed by atoms with Gasteiger partial charge >= 0.3 is 0 Å². The highest BCUT2D eigenvalue weighted by Crippen LogP contribution is 2.27. The Morgan fingerprint density at radius 2 is 2.15 bits per heavy atom. The number of pyridine rings is 1. The summed E-state index contributed by atoms with van der Waals surface area (Å²) in [5.74, 6) is 0.206. The summed E-state index contributed by atoms with van der Waals surface area (Å²) in [5.41, 5.74) is 2.44. The topological polar surface area (TPSA) is 92.1 Å². The maximum atomic E-state index is 12.6. The lowest BCUT2D eigenvalue weighted by Gasteiger charge is -2.26. The number of aromatic nitrogens is 3. The molecule has 1 aromatic carbocycles. The largest absolute Gasteiger partial charge is 0.359 e. The van der Waals surface area contributed by atoms with Crippen LogP contribution >= 0.6 is 0 Å². The van der Waals surface area contributed by atoms with Gasteiger partial charge in [0.05, 0.1) is 23.5 Å². The number of benzene rings is 1. The monoisotopic (exact) mass is 348 g/mol. The fraction of sp³-hybridized carbons (Fsp3) is 0.111. The molecule has 0 bridgehead atoms. The van der Waals surface area contributed by atoms with Crippen molar-refractivity contribution in [1.82, 2.24) is 14.8 Å². The first kappa shape index (κ1) is 15.8. The van der Waals surface area contributed by atoms with Crippen LogP contribution in [0.3, 0.4) is 0 Å². The number of carbonyl (C=O) groups is 2. The molecule has 3 aromatic rings. The van der Waals surface area contributed by atoms with Gasteiger partial charge in [0, 0.05) is 31.3 Å². The minimum Gasteiger partial charge on any atom is -0.359 e. The van der Waals surface area contributed by atoms with E-state index >= 15 is 0 Å². The maximum Gasteiger partial charge on any atom is 0.257 e. The summed E-state index contributed by atoms with van der Waals surface area (Å²) in [5, 5.41) is 9.97. The van der Waals surface area contributed by atoms with Crippen molar-refractivity contribution >= 4 is 29.0 Å². The Morgan fingerprint density at radius 1 is 1.27 bits per heavy atom. The van der Waals surface area contributed by atoms with Crippen molar-refractivity contribution in [1.29, 1.82) is 0 Å². The zero-order chi connectivity index (χ0) is 18.1. The summed E-state index contributed by atoms with van der Waals surface area (Å²) in [4.78, 5) is 30.1. The highest BCUT2D eigenvalue weighted by atomic mass is 16.2. The molecular weight excluding hydrogens is 332 g/mol. The molecule has 4 rings (SSSR count). The lowest BCUT2D eigenvalue weighted by Crippen LogP contribution is -2.37. The Hall–Kier alpha value is -3.68. The van der Waals surface area contributed by atoms with Crippen molar-refractivity contribution in [2.45, 2.75) is 0 Å². The van der Waals surface area contributed by atoms with E-state index in [0.29, 0.717) is 22.8 Å². The lowest BCUT2D eigenvalue weighted by molar-refractivity contribution is -0.116. The van der Waals surface area contributed by atoms with Crippen molar-refractivity contribution < 1.29 is 9.59 Å². The number of fused-ring (bicyclic) bond motifs is 1. The fourth-order valence-electron chi connectivity index (χ4n) is 2.73. The second kappa shape index (κ2) is 6.32. The van der Waals surface area contributed by atoms with Crippen LogP contribution in [-0.4, -0.2) is 40.2 Å². The Labute approximate surface area is 149 Å². The molecule has 0 radical (unpaired) electrons. The summed E-state index contributed by atoms with van der Waals surface area (Å²) in [7, 11) is 1.67. The van der Waals surface area contributed by atoms with Gasteiger partial charge in [-0.2, -0.15) is 5.10 Å². The predicted octanol–water partition coefficient (Wildman–Crippen LogP) is 1.91. The molecule has 0 fully saturated rings. The van der Waals surface area contributed by atoms with E-state index in [1.54, 1.807) is 30.1 Å². The molecule has 130 valence electrons. The molecule has 0 saturated carbocycles. The van der Waals surface area contributed by atoms with Crippen LogP contribution in [0.15, 0.2) is 55.0 Å². The average Bonchev–Trinajstić information content (AvgIpc) is 3.20. The van der Waals surface area contributed by atoms with Gasteiger partial charge in [-0.1, -0.05) is 6.07 Å². The molecule has 3 heterocycles. The van der Waals surface area contributed by atoms with Crippen LogP contribution in [0, 0.1) is 0 Å². The quantitative estimate of drug-likeness (QED) is 0.754. The number of carbonyl (C=O) groups excluding carboxylic acids is 2. The van der Waals surface area contributed by atoms with Gasteiger partial charge in [0.1, 0.15) is 5.82 Å². The van der Waals surface area contributed by atoms with Crippen molar-refractivity contribution in [3.05, 3.63) is 60.6 Å². The van der Waals surface area contributed by atoms with Crippen LogP contribution in [0.2, 0.25) is 0 Å². The third kappa shape index (κ3) is 2.88. The molecular formula is C18H16N6O2. The third-order valence-corrected chi connectivity index (χ3v) is 4.15. The Balaban J connectivity index is 1.58. The molecule has 1 aliphatic heterocycles. The van der Waals surface area contributed by atoms with Crippen molar-refractivity contribution in [2.24, 2.45) is 0 Å². The zero-order valence-electron chi connectivity index (χ0n) is 14.0. The lowest BCUT2D eigenvalue weighted by atomic mass is 10.2. The van der Waals surface area contributed by atoms with Crippen LogP contribution in [0.5, 0.6) is 0 Å². The molecule has 26 heavy (non-hydrogen) atoms. The van der Waals surface area contributed by atoms with Crippen LogP contribution in [0.25, 0.3) is 5.69 Å². The van der Waals surface area contributed by atoms with Crippen molar-refractivity contribution in [3.8, 4) is 5.69 Å². The van der Waals surface area contributed by atoms with E-state index in [9.17, 15) is 9.59 Å². The van der Waals surface area contributed by atoms with E-state index in [1.165, 1.54) is 11.1 Å². The van der Waals surface area contributed by atoms with Gasteiger partial charge in [-0.05, 0) is 30.3 Å². The van der Waals surface area contributed by atoms with Crippen LogP contribution in [0.1, 0.15) is 10.4 Å². The highest BCUT2D eigenvalue weighted by molar-refractivity contribution is 6.07. The smallest absolute Gasteiger partial charge is 0.257 e. The van der Waals surface area contributed by atoms with Gasteiger partial charge < -0.3 is 15.5 Å². The number of nitrogens with zero attached hydrogens (tertiary/aromatic N) is 4. The summed E-state index contributed by atoms with van der Waals surface area (Å²) < 4.78 is 1.71. The number of anilines is 3. The third-order valence-electron chi connectivity index (χ3n) is 4.15. The van der Waals surface area contributed by atoms with Crippen molar-refractivity contribution in [3.63, 3.8) is 0 Å². The van der Waals surface area contributed by atoms with E-state index in [1.807, 2.05) is 30.5 Å². The van der Waals surface area contributed by atoms with Gasteiger partial charge in [0.15, 0.2) is 0 Å². The normalized spacial score (nSPS) is 13.1. The number of rotatable bonds is 3. The van der Waals surface area contributed by atoms with Gasteiger partial charge in [-0.15, -0.1) is 0 Å². The maximum absolute atomic E-state index is 12.6. The summed E-state index contributed by atoms with van der Waals surface area (Å²) in [6.07, 6.45) is 5.01. The van der Waals surface area contributed by atoms with Gasteiger partial charge in [-0.25, -0.2) is 9.67 Å². The van der Waals surface area contributed by atoms with E-state index < -0.39 is 0 Å². The predicted molar refractivity (Wildman–Crippen MR) is 97.7 cm³/mol. The minimum atomic E-state index is -0.302. The molecule has 0 unspecified atom stereocenters. The van der Waals surface area contributed by atoms with E-state index in [0.717, 1.165) is 5.69 Å². The van der Waals surface area contributed by atoms with Crippen LogP contribution < -0.4 is 15.5 Å². The summed E-state index contributed by atoms with van der Waals surface area (Å²) in [6.45, 7) is 0.197. The summed E-state index contributed by atoms with van der Waals surface area (Å²) in [6, 6.07) is 10.8. The Kier molecular flexibility index (Phi) is 3.85. The zero-order valence-corrected chi connectivity index (χ0v) is 14.0. The second-order valence-corrected chi connectivity index (χ2v) is 5.85. The van der Waals surface area contributed by atoms with Crippen LogP contribution in [0.4, 0.5) is 17.2 Å². The summed E-state index contributed by atoms with van der Waals surface area (Å²) >= 11 is 0. The SMILES string of the molecule is CN1C(=O)CNc2ncc(C(=O)Nc3cccc(-n4cccn4)c3)cc21. The molecule has 2 aromatic heterocycles. The first-order valence-electron chi connectivity index (χ1n) is 8.04. The molecule has 0 spiro atoms. The molecule has 1 aliphatic rings. The van der Waals surface area contributed by atoms with E-state index in [-0.39, 0.29) is 18.4 Å². The van der Waals surface area contributed by atoms with Gasteiger partial charge in [0.25, 0.3) is 5.91 Å². The van der Waals surface area contributed by atoms with Gasteiger partial charge in [0.2, 0.25) is 5.91 Å². The van der Waals surface area contributed by atoms with E-state index in [2.05, 4.69) is 20.7 Å². The minimum absolute atomic E-state index is 0.0798. The number of hydrogen-bond donors (Lipinski definition) is 2.